The number of pyridine rings is 1. The van der Waals surface area contributed by atoms with Gasteiger partial charge in [-0.3, -0.25) is 0 Å². The summed E-state index contributed by atoms with van der Waals surface area (Å²) in [5.74, 6) is 2.71. The van der Waals surface area contributed by atoms with Crippen LogP contribution in [0.25, 0.3) is 33.7 Å². The Morgan fingerprint density at radius 2 is 1.75 bits per heavy atom. The summed E-state index contributed by atoms with van der Waals surface area (Å²) in [5, 5.41) is 5.03. The molecular weight excluding hydrogens is 358 g/mol. The van der Waals surface area contributed by atoms with Crippen LogP contribution in [-0.2, 0) is 0 Å². The van der Waals surface area contributed by atoms with E-state index in [4.69, 9.17) is 18.7 Å². The largest absolute Gasteiger partial charge is 0.497 e. The number of aromatic nitrogens is 3. The van der Waals surface area contributed by atoms with E-state index < -0.39 is 0 Å². The number of hydrogen-bond acceptors (Lipinski definition) is 7. The van der Waals surface area contributed by atoms with E-state index >= 15 is 0 Å². The third-order valence-electron chi connectivity index (χ3n) is 4.25. The van der Waals surface area contributed by atoms with Crippen molar-refractivity contribution in [1.82, 2.24) is 15.1 Å². The van der Waals surface area contributed by atoms with E-state index in [-0.39, 0.29) is 0 Å². The fourth-order valence-corrected chi connectivity index (χ4v) is 2.88. The van der Waals surface area contributed by atoms with Crippen molar-refractivity contribution in [2.75, 3.05) is 20.8 Å². The lowest BCUT2D eigenvalue weighted by atomic mass is 10.1. The van der Waals surface area contributed by atoms with Gasteiger partial charge in [0.2, 0.25) is 11.7 Å². The van der Waals surface area contributed by atoms with Crippen molar-refractivity contribution < 1.29 is 18.7 Å². The third kappa shape index (κ3) is 3.34. The molecule has 0 saturated heterocycles. The van der Waals surface area contributed by atoms with Gasteiger partial charge in [-0.05, 0) is 49.4 Å². The van der Waals surface area contributed by atoms with Gasteiger partial charge in [0.1, 0.15) is 11.5 Å². The molecule has 142 valence electrons. The predicted molar refractivity (Wildman–Crippen MR) is 105 cm³/mol. The number of nitrogens with zero attached hydrogens (tertiary/aromatic N) is 3. The van der Waals surface area contributed by atoms with Crippen LogP contribution in [0.4, 0.5) is 0 Å². The molecule has 4 aromatic rings. The SMILES string of the molecule is CCOc1nc2ccc(OC)cc2cc1-c1noc(-c2cccc(OC)c2)n1. The Bertz CT molecular complexity index is 1120. The van der Waals surface area contributed by atoms with Crippen LogP contribution in [0, 0.1) is 0 Å². The lowest BCUT2D eigenvalue weighted by Gasteiger charge is -2.09. The number of rotatable bonds is 6. The molecule has 0 aliphatic heterocycles. The van der Waals surface area contributed by atoms with Crippen molar-refractivity contribution >= 4 is 10.9 Å². The van der Waals surface area contributed by atoms with E-state index in [0.29, 0.717) is 35.5 Å². The van der Waals surface area contributed by atoms with Gasteiger partial charge in [0.25, 0.3) is 5.89 Å². The van der Waals surface area contributed by atoms with Crippen LogP contribution in [0.1, 0.15) is 6.92 Å². The smallest absolute Gasteiger partial charge is 0.258 e. The molecule has 0 atom stereocenters. The summed E-state index contributed by atoms with van der Waals surface area (Å²) in [6.45, 7) is 2.38. The molecule has 28 heavy (non-hydrogen) atoms. The molecule has 0 amide bonds. The lowest BCUT2D eigenvalue weighted by molar-refractivity contribution is 0.329. The van der Waals surface area contributed by atoms with Gasteiger partial charge in [-0.1, -0.05) is 11.2 Å². The maximum atomic E-state index is 5.72. The molecule has 0 N–H and O–H groups in total. The van der Waals surface area contributed by atoms with Crippen molar-refractivity contribution in [1.29, 1.82) is 0 Å². The second kappa shape index (κ2) is 7.56. The summed E-state index contributed by atoms with van der Waals surface area (Å²) < 4.78 is 21.8. The van der Waals surface area contributed by atoms with Gasteiger partial charge in [-0.25, -0.2) is 4.98 Å². The van der Waals surface area contributed by atoms with Gasteiger partial charge in [0, 0.05) is 10.9 Å². The van der Waals surface area contributed by atoms with E-state index in [9.17, 15) is 0 Å². The average Bonchev–Trinajstić information content (AvgIpc) is 3.23. The number of hydrogen-bond donors (Lipinski definition) is 0. The maximum absolute atomic E-state index is 5.72. The standard InChI is InChI=1S/C21H19N3O4/c1-4-27-21-17(12-14-11-16(26-3)8-9-18(14)22-21)19-23-20(28-24-19)13-6-5-7-15(10-13)25-2/h5-12H,4H2,1-3H3. The lowest BCUT2D eigenvalue weighted by Crippen LogP contribution is -1.98. The van der Waals surface area contributed by atoms with Gasteiger partial charge in [-0.15, -0.1) is 0 Å². The fourth-order valence-electron chi connectivity index (χ4n) is 2.88. The zero-order valence-electron chi connectivity index (χ0n) is 15.8. The Labute approximate surface area is 161 Å². The molecule has 0 spiro atoms. The third-order valence-corrected chi connectivity index (χ3v) is 4.25. The Balaban J connectivity index is 1.81. The van der Waals surface area contributed by atoms with Crippen LogP contribution in [-0.4, -0.2) is 36.0 Å². The Hall–Kier alpha value is -3.61. The maximum Gasteiger partial charge on any atom is 0.258 e. The normalized spacial score (nSPS) is 10.8. The van der Waals surface area contributed by atoms with E-state index in [1.807, 2.05) is 55.5 Å². The van der Waals surface area contributed by atoms with E-state index in [2.05, 4.69) is 15.1 Å². The first-order valence-corrected chi connectivity index (χ1v) is 8.82. The summed E-state index contributed by atoms with van der Waals surface area (Å²) in [7, 11) is 3.24. The van der Waals surface area contributed by atoms with Crippen LogP contribution in [0.2, 0.25) is 0 Å². The molecule has 2 heterocycles. The van der Waals surface area contributed by atoms with Gasteiger partial charge in [0.05, 0.1) is 31.9 Å². The summed E-state index contributed by atoms with van der Waals surface area (Å²) >= 11 is 0. The molecule has 2 aromatic carbocycles. The van der Waals surface area contributed by atoms with Gasteiger partial charge in [0.15, 0.2) is 0 Å². The van der Waals surface area contributed by atoms with Crippen LogP contribution in [0.15, 0.2) is 53.1 Å². The highest BCUT2D eigenvalue weighted by atomic mass is 16.5. The quantitative estimate of drug-likeness (QED) is 0.494. The number of methoxy groups -OCH3 is 2. The van der Waals surface area contributed by atoms with Gasteiger partial charge in [-0.2, -0.15) is 4.98 Å². The fraction of sp³-hybridized carbons (Fsp3) is 0.190. The second-order valence-electron chi connectivity index (χ2n) is 5.99. The van der Waals surface area contributed by atoms with Crippen LogP contribution < -0.4 is 14.2 Å². The Kier molecular flexibility index (Phi) is 4.80. The molecule has 0 saturated carbocycles. The minimum absolute atomic E-state index is 0.391. The first-order valence-electron chi connectivity index (χ1n) is 8.82. The average molecular weight is 377 g/mol. The van der Waals surface area contributed by atoms with Gasteiger partial charge >= 0.3 is 0 Å². The topological polar surface area (TPSA) is 79.5 Å². The molecule has 0 aliphatic carbocycles. The molecule has 7 nitrogen and oxygen atoms in total. The molecule has 7 heteroatoms. The molecule has 0 aliphatic rings. The Morgan fingerprint density at radius 1 is 0.929 bits per heavy atom. The van der Waals surface area contributed by atoms with E-state index in [1.165, 1.54) is 0 Å². The zero-order chi connectivity index (χ0) is 19.5. The summed E-state index contributed by atoms with van der Waals surface area (Å²) in [6.07, 6.45) is 0. The van der Waals surface area contributed by atoms with Gasteiger partial charge < -0.3 is 18.7 Å². The number of ether oxygens (including phenoxy) is 3. The highest BCUT2D eigenvalue weighted by Gasteiger charge is 2.18. The number of benzene rings is 2. The van der Waals surface area contributed by atoms with E-state index in [1.54, 1.807) is 14.2 Å². The molecule has 0 bridgehead atoms. The predicted octanol–water partition coefficient (Wildman–Crippen LogP) is 4.37. The summed E-state index contributed by atoms with van der Waals surface area (Å²) in [6, 6.07) is 15.0. The first kappa shape index (κ1) is 17.8. The van der Waals surface area contributed by atoms with Crippen molar-refractivity contribution in [2.45, 2.75) is 6.92 Å². The zero-order valence-corrected chi connectivity index (χ0v) is 15.8. The minimum atomic E-state index is 0.391. The molecule has 0 fully saturated rings. The van der Waals surface area contributed by atoms with Crippen molar-refractivity contribution in [3.05, 3.63) is 48.5 Å². The molecule has 0 radical (unpaired) electrons. The molecule has 0 unspecified atom stereocenters. The van der Waals surface area contributed by atoms with Crippen molar-refractivity contribution in [2.24, 2.45) is 0 Å². The minimum Gasteiger partial charge on any atom is -0.497 e. The monoisotopic (exact) mass is 377 g/mol. The van der Waals surface area contributed by atoms with E-state index in [0.717, 1.165) is 22.2 Å². The highest BCUT2D eigenvalue weighted by Crippen LogP contribution is 2.33. The summed E-state index contributed by atoms with van der Waals surface area (Å²) in [4.78, 5) is 9.14. The highest BCUT2D eigenvalue weighted by molar-refractivity contribution is 5.86. The second-order valence-corrected chi connectivity index (χ2v) is 5.99. The first-order chi connectivity index (χ1) is 13.7. The van der Waals surface area contributed by atoms with Crippen LogP contribution in [0.3, 0.4) is 0 Å². The molecule has 4 rings (SSSR count). The van der Waals surface area contributed by atoms with Crippen molar-refractivity contribution in [3.8, 4) is 40.2 Å². The summed E-state index contributed by atoms with van der Waals surface area (Å²) in [5.41, 5.74) is 2.22. The van der Waals surface area contributed by atoms with Crippen molar-refractivity contribution in [3.63, 3.8) is 0 Å². The Morgan fingerprint density at radius 3 is 2.54 bits per heavy atom. The van der Waals surface area contributed by atoms with Crippen LogP contribution >= 0.6 is 0 Å². The molecular formula is C21H19N3O4. The van der Waals surface area contributed by atoms with Crippen LogP contribution in [0.5, 0.6) is 17.4 Å². The molecule has 2 aromatic heterocycles. The number of fused-ring (bicyclic) bond motifs is 1.